The molecule has 1 aliphatic rings. The molecule has 4 nitrogen and oxygen atoms in total. The second-order valence-corrected chi connectivity index (χ2v) is 4.03. The van der Waals surface area contributed by atoms with Crippen LogP contribution in [-0.2, 0) is 14.3 Å². The number of carbonyl (C=O) groups is 2. The Morgan fingerprint density at radius 1 is 1.38 bits per heavy atom. The quantitative estimate of drug-likeness (QED) is 0.598. The minimum atomic E-state index is -2.73. The summed E-state index contributed by atoms with van der Waals surface area (Å²) in [6.07, 6.45) is -0.644. The molecule has 0 aromatic carbocycles. The van der Waals surface area contributed by atoms with Crippen LogP contribution in [0.25, 0.3) is 0 Å². The van der Waals surface area contributed by atoms with Crippen molar-refractivity contribution in [2.75, 3.05) is 7.11 Å². The Balaban J connectivity index is 2.68. The van der Waals surface area contributed by atoms with Crippen LogP contribution in [0.4, 0.5) is 8.78 Å². The lowest BCUT2D eigenvalue weighted by atomic mass is 9.78. The monoisotopic (exact) mass is 236 g/mol. The van der Waals surface area contributed by atoms with Crippen molar-refractivity contribution >= 4 is 11.9 Å². The standard InChI is InChI=1S/C10H14F2O4/c1-16-9(15)7(8(13)14)6-2-4-10(11,12)5-3-6/h6-7H,2-5H2,1H3,(H,13,14). The van der Waals surface area contributed by atoms with Crippen LogP contribution in [0.1, 0.15) is 25.7 Å². The van der Waals surface area contributed by atoms with E-state index in [0.717, 1.165) is 7.11 Å². The summed E-state index contributed by atoms with van der Waals surface area (Å²) in [5.41, 5.74) is 0. The summed E-state index contributed by atoms with van der Waals surface area (Å²) in [7, 11) is 1.09. The number of carbonyl (C=O) groups excluding carboxylic acids is 1. The summed E-state index contributed by atoms with van der Waals surface area (Å²) in [5, 5.41) is 8.87. The van der Waals surface area contributed by atoms with Crippen LogP contribution in [0.3, 0.4) is 0 Å². The van der Waals surface area contributed by atoms with E-state index in [4.69, 9.17) is 5.11 Å². The van der Waals surface area contributed by atoms with Crippen molar-refractivity contribution in [3.05, 3.63) is 0 Å². The van der Waals surface area contributed by atoms with Gasteiger partial charge in [-0.1, -0.05) is 0 Å². The normalized spacial score (nSPS) is 22.4. The van der Waals surface area contributed by atoms with E-state index in [2.05, 4.69) is 4.74 Å². The maximum absolute atomic E-state index is 12.9. The van der Waals surface area contributed by atoms with Crippen molar-refractivity contribution in [1.29, 1.82) is 0 Å². The number of carboxylic acid groups (broad SMARTS) is 1. The number of rotatable bonds is 3. The zero-order valence-electron chi connectivity index (χ0n) is 8.91. The average Bonchev–Trinajstić information content (AvgIpc) is 2.20. The Morgan fingerprint density at radius 3 is 2.25 bits per heavy atom. The van der Waals surface area contributed by atoms with Gasteiger partial charge in [0.2, 0.25) is 5.92 Å². The highest BCUT2D eigenvalue weighted by Crippen LogP contribution is 2.39. The van der Waals surface area contributed by atoms with Crippen molar-refractivity contribution in [2.45, 2.75) is 31.6 Å². The lowest BCUT2D eigenvalue weighted by Crippen LogP contribution is -2.36. The number of hydrogen-bond donors (Lipinski definition) is 1. The highest BCUT2D eigenvalue weighted by Gasteiger charge is 2.43. The minimum Gasteiger partial charge on any atom is -0.481 e. The first-order valence-corrected chi connectivity index (χ1v) is 5.06. The van der Waals surface area contributed by atoms with Gasteiger partial charge in [-0.3, -0.25) is 9.59 Å². The first-order valence-electron chi connectivity index (χ1n) is 5.06. The SMILES string of the molecule is COC(=O)C(C(=O)O)C1CCC(F)(F)CC1. The number of halogens is 2. The predicted molar refractivity (Wildman–Crippen MR) is 50.0 cm³/mol. The van der Waals surface area contributed by atoms with E-state index in [-0.39, 0.29) is 25.7 Å². The summed E-state index contributed by atoms with van der Waals surface area (Å²) in [4.78, 5) is 22.1. The van der Waals surface area contributed by atoms with Gasteiger partial charge in [-0.25, -0.2) is 8.78 Å². The highest BCUT2D eigenvalue weighted by molar-refractivity contribution is 5.94. The number of alkyl halides is 2. The van der Waals surface area contributed by atoms with E-state index in [1.807, 2.05) is 0 Å². The third-order valence-corrected chi connectivity index (χ3v) is 2.95. The van der Waals surface area contributed by atoms with Gasteiger partial charge in [0.25, 0.3) is 0 Å². The summed E-state index contributed by atoms with van der Waals surface area (Å²) >= 11 is 0. The van der Waals surface area contributed by atoms with Gasteiger partial charge in [0.15, 0.2) is 5.92 Å². The number of hydrogen-bond acceptors (Lipinski definition) is 3. The number of ether oxygens (including phenoxy) is 1. The zero-order valence-corrected chi connectivity index (χ0v) is 8.91. The third-order valence-electron chi connectivity index (χ3n) is 2.95. The van der Waals surface area contributed by atoms with Crippen LogP contribution >= 0.6 is 0 Å². The summed E-state index contributed by atoms with van der Waals surface area (Å²) in [5.74, 6) is -6.76. The predicted octanol–water partition coefficient (Wildman–Crippen LogP) is 1.69. The first-order chi connectivity index (χ1) is 7.37. The largest absolute Gasteiger partial charge is 0.481 e. The minimum absolute atomic E-state index is 0.0407. The Bertz CT molecular complexity index is 281. The molecule has 0 aliphatic heterocycles. The fourth-order valence-electron chi connectivity index (χ4n) is 2.02. The molecular formula is C10H14F2O4. The molecule has 92 valence electrons. The fourth-order valence-corrected chi connectivity index (χ4v) is 2.02. The molecule has 6 heteroatoms. The van der Waals surface area contributed by atoms with Crippen LogP contribution < -0.4 is 0 Å². The van der Waals surface area contributed by atoms with Gasteiger partial charge in [0, 0.05) is 12.8 Å². The number of aliphatic carboxylic acids is 1. The summed E-state index contributed by atoms with van der Waals surface area (Å²) in [6.45, 7) is 0. The maximum atomic E-state index is 12.9. The van der Waals surface area contributed by atoms with E-state index < -0.39 is 29.7 Å². The molecule has 0 aromatic heterocycles. The summed E-state index contributed by atoms with van der Waals surface area (Å²) in [6, 6.07) is 0. The van der Waals surface area contributed by atoms with E-state index in [0.29, 0.717) is 0 Å². The lowest BCUT2D eigenvalue weighted by Gasteiger charge is -2.30. The van der Waals surface area contributed by atoms with Gasteiger partial charge < -0.3 is 9.84 Å². The molecule has 16 heavy (non-hydrogen) atoms. The van der Waals surface area contributed by atoms with Crippen molar-refractivity contribution < 1.29 is 28.2 Å². The van der Waals surface area contributed by atoms with Crippen LogP contribution in [0.15, 0.2) is 0 Å². The molecule has 0 amide bonds. The molecule has 0 aromatic rings. The molecule has 0 bridgehead atoms. The Hall–Kier alpha value is -1.20. The topological polar surface area (TPSA) is 63.6 Å². The van der Waals surface area contributed by atoms with Gasteiger partial charge in [-0.05, 0) is 18.8 Å². The first kappa shape index (κ1) is 12.9. The Morgan fingerprint density at radius 2 is 1.88 bits per heavy atom. The molecule has 0 saturated heterocycles. The molecular weight excluding hydrogens is 222 g/mol. The molecule has 1 fully saturated rings. The van der Waals surface area contributed by atoms with E-state index in [1.165, 1.54) is 0 Å². The smallest absolute Gasteiger partial charge is 0.320 e. The van der Waals surface area contributed by atoms with Gasteiger partial charge in [0.1, 0.15) is 0 Å². The highest BCUT2D eigenvalue weighted by atomic mass is 19.3. The second kappa shape index (κ2) is 4.76. The molecule has 1 rings (SSSR count). The molecule has 1 N–H and O–H groups in total. The Labute approximate surface area is 91.6 Å². The van der Waals surface area contributed by atoms with Crippen LogP contribution in [0.2, 0.25) is 0 Å². The maximum Gasteiger partial charge on any atom is 0.320 e. The van der Waals surface area contributed by atoms with Crippen molar-refractivity contribution in [2.24, 2.45) is 11.8 Å². The van der Waals surface area contributed by atoms with Crippen molar-refractivity contribution in [3.8, 4) is 0 Å². The number of methoxy groups -OCH3 is 1. The van der Waals surface area contributed by atoms with E-state index in [9.17, 15) is 18.4 Å². The Kier molecular flexibility index (Phi) is 3.83. The van der Waals surface area contributed by atoms with E-state index in [1.54, 1.807) is 0 Å². The lowest BCUT2D eigenvalue weighted by molar-refractivity contribution is -0.162. The molecule has 1 atom stereocenters. The van der Waals surface area contributed by atoms with Crippen molar-refractivity contribution in [1.82, 2.24) is 0 Å². The molecule has 1 aliphatic carbocycles. The second-order valence-electron chi connectivity index (χ2n) is 4.03. The van der Waals surface area contributed by atoms with Gasteiger partial charge in [-0.2, -0.15) is 0 Å². The molecule has 0 spiro atoms. The van der Waals surface area contributed by atoms with Gasteiger partial charge >= 0.3 is 11.9 Å². The molecule has 1 unspecified atom stereocenters. The van der Waals surface area contributed by atoms with Crippen LogP contribution in [-0.4, -0.2) is 30.1 Å². The van der Waals surface area contributed by atoms with Gasteiger partial charge in [-0.15, -0.1) is 0 Å². The number of esters is 1. The average molecular weight is 236 g/mol. The van der Waals surface area contributed by atoms with Crippen LogP contribution in [0, 0.1) is 11.8 Å². The van der Waals surface area contributed by atoms with Crippen molar-refractivity contribution in [3.63, 3.8) is 0 Å². The van der Waals surface area contributed by atoms with Crippen LogP contribution in [0.5, 0.6) is 0 Å². The molecule has 1 saturated carbocycles. The zero-order chi connectivity index (χ0) is 12.3. The fraction of sp³-hybridized carbons (Fsp3) is 0.800. The number of carboxylic acids is 1. The molecule has 0 radical (unpaired) electrons. The van der Waals surface area contributed by atoms with E-state index >= 15 is 0 Å². The van der Waals surface area contributed by atoms with Gasteiger partial charge in [0.05, 0.1) is 7.11 Å². The molecule has 0 heterocycles. The summed E-state index contributed by atoms with van der Waals surface area (Å²) < 4.78 is 30.1. The third kappa shape index (κ3) is 2.90.